The normalized spacial score (nSPS) is 11.3. The number of benzene rings is 2. The molecule has 120 valence electrons. The van der Waals surface area contributed by atoms with Gasteiger partial charge in [0.15, 0.2) is 0 Å². The highest BCUT2D eigenvalue weighted by molar-refractivity contribution is 5.76. The zero-order valence-corrected chi connectivity index (χ0v) is 14.7. The molecule has 2 aromatic carbocycles. The number of hydrogen-bond donors (Lipinski definition) is 0. The fourth-order valence-corrected chi connectivity index (χ4v) is 3.44. The first kappa shape index (κ1) is 15.8. The van der Waals surface area contributed by atoms with E-state index in [2.05, 4.69) is 68.7 Å². The van der Waals surface area contributed by atoms with E-state index in [1.165, 1.54) is 46.4 Å². The lowest BCUT2D eigenvalue weighted by Gasteiger charge is -2.15. The summed E-state index contributed by atoms with van der Waals surface area (Å²) in [5.74, 6) is 1.22. The van der Waals surface area contributed by atoms with E-state index >= 15 is 0 Å². The Hall–Kier alpha value is -2.09. The fraction of sp³-hybridized carbons (Fsp3) is 0.381. The molecule has 0 amide bonds. The molecule has 0 aliphatic heterocycles. The lowest BCUT2D eigenvalue weighted by atomic mass is 9.99. The standard InChI is InChI=1S/C21H26N2/c1-5-6-11-21-22-19-9-7-8-10-20(19)23(21)14-18-16(3)12-15(2)13-17(18)4/h7-10,12-13H,5-6,11,14H2,1-4H3. The van der Waals surface area contributed by atoms with Gasteiger partial charge in [-0.15, -0.1) is 0 Å². The van der Waals surface area contributed by atoms with Crippen LogP contribution < -0.4 is 0 Å². The molecule has 23 heavy (non-hydrogen) atoms. The van der Waals surface area contributed by atoms with E-state index < -0.39 is 0 Å². The number of nitrogens with zero attached hydrogens (tertiary/aromatic N) is 2. The van der Waals surface area contributed by atoms with Crippen LogP contribution in [0.3, 0.4) is 0 Å². The molecule has 2 heteroatoms. The summed E-state index contributed by atoms with van der Waals surface area (Å²) >= 11 is 0. The number of unbranched alkanes of at least 4 members (excludes halogenated alkanes) is 1. The zero-order chi connectivity index (χ0) is 16.4. The number of imidazole rings is 1. The number of rotatable bonds is 5. The number of hydrogen-bond acceptors (Lipinski definition) is 1. The first-order valence-corrected chi connectivity index (χ1v) is 8.61. The zero-order valence-electron chi connectivity index (χ0n) is 14.7. The molecule has 0 aliphatic carbocycles. The third kappa shape index (κ3) is 3.17. The Kier molecular flexibility index (Phi) is 4.51. The first-order chi connectivity index (χ1) is 11.1. The van der Waals surface area contributed by atoms with Crippen molar-refractivity contribution in [2.45, 2.75) is 53.5 Å². The average molecular weight is 306 g/mol. The maximum absolute atomic E-state index is 4.89. The van der Waals surface area contributed by atoms with Gasteiger partial charge in [0, 0.05) is 13.0 Å². The molecule has 0 fully saturated rings. The molecule has 0 radical (unpaired) electrons. The molecule has 0 N–H and O–H groups in total. The fourth-order valence-electron chi connectivity index (χ4n) is 3.44. The predicted octanol–water partition coefficient (Wildman–Crippen LogP) is 5.35. The summed E-state index contributed by atoms with van der Waals surface area (Å²) in [4.78, 5) is 4.89. The molecule has 3 aromatic rings. The van der Waals surface area contributed by atoms with Crippen LogP contribution in [-0.2, 0) is 13.0 Å². The number of aryl methyl sites for hydroxylation is 4. The summed E-state index contributed by atoms with van der Waals surface area (Å²) < 4.78 is 2.41. The van der Waals surface area contributed by atoms with Crippen LogP contribution in [0.2, 0.25) is 0 Å². The Balaban J connectivity index is 2.08. The van der Waals surface area contributed by atoms with Gasteiger partial charge in [0.2, 0.25) is 0 Å². The molecular formula is C21H26N2. The van der Waals surface area contributed by atoms with E-state index in [-0.39, 0.29) is 0 Å². The lowest BCUT2D eigenvalue weighted by molar-refractivity contribution is 0.687. The van der Waals surface area contributed by atoms with Gasteiger partial charge < -0.3 is 4.57 Å². The summed E-state index contributed by atoms with van der Waals surface area (Å²) in [6.07, 6.45) is 3.44. The van der Waals surface area contributed by atoms with E-state index in [4.69, 9.17) is 4.98 Å². The highest BCUT2D eigenvalue weighted by atomic mass is 15.1. The van der Waals surface area contributed by atoms with Gasteiger partial charge in [0.25, 0.3) is 0 Å². The van der Waals surface area contributed by atoms with Gasteiger partial charge in [0.1, 0.15) is 5.82 Å². The minimum Gasteiger partial charge on any atom is -0.323 e. The predicted molar refractivity (Wildman–Crippen MR) is 98.1 cm³/mol. The molecule has 0 atom stereocenters. The van der Waals surface area contributed by atoms with Crippen molar-refractivity contribution in [2.24, 2.45) is 0 Å². The van der Waals surface area contributed by atoms with Crippen LogP contribution >= 0.6 is 0 Å². The minimum absolute atomic E-state index is 0.914. The Labute approximate surface area is 139 Å². The number of fused-ring (bicyclic) bond motifs is 1. The van der Waals surface area contributed by atoms with Gasteiger partial charge in [-0.3, -0.25) is 0 Å². The number of para-hydroxylation sites is 2. The molecule has 1 heterocycles. The van der Waals surface area contributed by atoms with Crippen LogP contribution in [-0.4, -0.2) is 9.55 Å². The third-order valence-corrected chi connectivity index (χ3v) is 4.64. The molecule has 0 saturated heterocycles. The summed E-state index contributed by atoms with van der Waals surface area (Å²) in [5, 5.41) is 0. The van der Waals surface area contributed by atoms with Crippen LogP contribution in [0.1, 0.15) is 47.8 Å². The molecule has 0 aliphatic rings. The third-order valence-electron chi connectivity index (χ3n) is 4.64. The summed E-state index contributed by atoms with van der Waals surface area (Å²) in [5.41, 5.74) is 7.88. The molecule has 3 rings (SSSR count). The summed E-state index contributed by atoms with van der Waals surface area (Å²) in [7, 11) is 0. The summed E-state index contributed by atoms with van der Waals surface area (Å²) in [6, 6.07) is 13.1. The SMILES string of the molecule is CCCCc1nc2ccccc2n1Cc1c(C)cc(C)cc1C. The molecule has 0 spiro atoms. The van der Waals surface area contributed by atoms with Crippen molar-refractivity contribution in [3.05, 3.63) is 64.5 Å². The van der Waals surface area contributed by atoms with Crippen molar-refractivity contribution in [2.75, 3.05) is 0 Å². The van der Waals surface area contributed by atoms with Crippen molar-refractivity contribution in [3.8, 4) is 0 Å². The maximum atomic E-state index is 4.89. The minimum atomic E-state index is 0.914. The maximum Gasteiger partial charge on any atom is 0.110 e. The first-order valence-electron chi connectivity index (χ1n) is 8.61. The molecule has 0 unspecified atom stereocenters. The highest BCUT2D eigenvalue weighted by Crippen LogP contribution is 2.23. The Morgan fingerprint density at radius 2 is 1.70 bits per heavy atom. The van der Waals surface area contributed by atoms with Crippen molar-refractivity contribution < 1.29 is 0 Å². The van der Waals surface area contributed by atoms with Gasteiger partial charge in [-0.05, 0) is 56.0 Å². The van der Waals surface area contributed by atoms with Crippen LogP contribution in [0.25, 0.3) is 11.0 Å². The van der Waals surface area contributed by atoms with Crippen LogP contribution in [0.4, 0.5) is 0 Å². The lowest BCUT2D eigenvalue weighted by Crippen LogP contribution is -2.08. The van der Waals surface area contributed by atoms with Crippen LogP contribution in [0.15, 0.2) is 36.4 Å². The Morgan fingerprint density at radius 3 is 2.39 bits per heavy atom. The van der Waals surface area contributed by atoms with Crippen molar-refractivity contribution in [1.82, 2.24) is 9.55 Å². The second kappa shape index (κ2) is 6.57. The van der Waals surface area contributed by atoms with Gasteiger partial charge in [-0.1, -0.05) is 43.2 Å². The molecular weight excluding hydrogens is 280 g/mol. The molecule has 2 nitrogen and oxygen atoms in total. The van der Waals surface area contributed by atoms with Gasteiger partial charge in [0.05, 0.1) is 11.0 Å². The van der Waals surface area contributed by atoms with Crippen molar-refractivity contribution >= 4 is 11.0 Å². The van der Waals surface area contributed by atoms with E-state index in [1.54, 1.807) is 0 Å². The van der Waals surface area contributed by atoms with E-state index in [0.29, 0.717) is 0 Å². The van der Waals surface area contributed by atoms with Crippen molar-refractivity contribution in [1.29, 1.82) is 0 Å². The van der Waals surface area contributed by atoms with Gasteiger partial charge in [-0.25, -0.2) is 4.98 Å². The summed E-state index contributed by atoms with van der Waals surface area (Å²) in [6.45, 7) is 9.77. The van der Waals surface area contributed by atoms with E-state index in [0.717, 1.165) is 18.5 Å². The monoisotopic (exact) mass is 306 g/mol. The highest BCUT2D eigenvalue weighted by Gasteiger charge is 2.13. The van der Waals surface area contributed by atoms with E-state index in [1.807, 2.05) is 0 Å². The quantitative estimate of drug-likeness (QED) is 0.621. The van der Waals surface area contributed by atoms with Crippen molar-refractivity contribution in [3.63, 3.8) is 0 Å². The number of aromatic nitrogens is 2. The van der Waals surface area contributed by atoms with Crippen LogP contribution in [0.5, 0.6) is 0 Å². The topological polar surface area (TPSA) is 17.8 Å². The average Bonchev–Trinajstić information content (AvgIpc) is 2.86. The van der Waals surface area contributed by atoms with Crippen LogP contribution in [0, 0.1) is 20.8 Å². The molecule has 1 aromatic heterocycles. The van der Waals surface area contributed by atoms with Gasteiger partial charge in [-0.2, -0.15) is 0 Å². The second-order valence-electron chi connectivity index (χ2n) is 6.58. The van der Waals surface area contributed by atoms with E-state index in [9.17, 15) is 0 Å². The Bertz CT molecular complexity index is 804. The van der Waals surface area contributed by atoms with Gasteiger partial charge >= 0.3 is 0 Å². The largest absolute Gasteiger partial charge is 0.323 e. The Morgan fingerprint density at radius 1 is 1.00 bits per heavy atom. The molecule has 0 bridgehead atoms. The molecule has 0 saturated carbocycles. The second-order valence-corrected chi connectivity index (χ2v) is 6.58. The smallest absolute Gasteiger partial charge is 0.110 e.